The van der Waals surface area contributed by atoms with Crippen LogP contribution in [-0.4, -0.2) is 24.1 Å². The molecule has 0 aliphatic carbocycles. The summed E-state index contributed by atoms with van der Waals surface area (Å²) in [5.74, 6) is 0.864. The van der Waals surface area contributed by atoms with Gasteiger partial charge in [0, 0.05) is 47.0 Å². The first kappa shape index (κ1) is 20.9. The summed E-state index contributed by atoms with van der Waals surface area (Å²) in [7, 11) is 0. The van der Waals surface area contributed by atoms with Gasteiger partial charge >= 0.3 is 0 Å². The molecule has 0 bridgehead atoms. The van der Waals surface area contributed by atoms with Crippen LogP contribution in [0.25, 0.3) is 0 Å². The minimum atomic E-state index is -0.601. The largest absolute Gasteiger partial charge is 0.381 e. The van der Waals surface area contributed by atoms with Gasteiger partial charge in [0.25, 0.3) is 0 Å². The maximum atomic E-state index is 13.4. The zero-order chi connectivity index (χ0) is 20.8. The van der Waals surface area contributed by atoms with Crippen molar-refractivity contribution in [1.82, 2.24) is 4.98 Å². The third-order valence-electron chi connectivity index (χ3n) is 5.42. The molecule has 1 aromatic heterocycles. The Labute approximate surface area is 186 Å². The number of hydrogen-bond donors (Lipinski definition) is 1. The van der Waals surface area contributed by atoms with Gasteiger partial charge in [0.1, 0.15) is 0 Å². The highest BCUT2D eigenvalue weighted by Gasteiger charge is 2.41. The van der Waals surface area contributed by atoms with Gasteiger partial charge < -0.3 is 10.1 Å². The fourth-order valence-electron chi connectivity index (χ4n) is 3.67. The highest BCUT2D eigenvalue weighted by Crippen LogP contribution is 2.37. The second kappa shape index (κ2) is 9.65. The van der Waals surface area contributed by atoms with Crippen LogP contribution in [0, 0.1) is 0 Å². The topological polar surface area (TPSA) is 51.2 Å². The number of anilines is 1. The van der Waals surface area contributed by atoms with E-state index >= 15 is 0 Å². The van der Waals surface area contributed by atoms with Crippen molar-refractivity contribution >= 4 is 35.0 Å². The Morgan fingerprint density at radius 2 is 1.80 bits per heavy atom. The Morgan fingerprint density at radius 3 is 2.47 bits per heavy atom. The molecular weight excluding hydrogens is 416 g/mol. The van der Waals surface area contributed by atoms with Gasteiger partial charge in [0.05, 0.1) is 5.41 Å². The van der Waals surface area contributed by atoms with Crippen LogP contribution in [0.1, 0.15) is 24.0 Å². The third-order valence-corrected chi connectivity index (χ3v) is 6.75. The molecule has 1 aliphatic rings. The monoisotopic (exact) mass is 438 g/mol. The first-order chi connectivity index (χ1) is 14.7. The molecule has 0 atom stereocenters. The molecule has 2 heterocycles. The number of nitrogens with zero attached hydrogens (tertiary/aromatic N) is 1. The molecule has 4 nitrogen and oxygen atoms in total. The number of pyridine rings is 1. The van der Waals surface area contributed by atoms with E-state index in [4.69, 9.17) is 16.3 Å². The number of amides is 1. The van der Waals surface area contributed by atoms with Gasteiger partial charge in [-0.25, -0.2) is 0 Å². The van der Waals surface area contributed by atoms with E-state index in [1.807, 2.05) is 60.8 Å². The fraction of sp³-hybridized carbons (Fsp3) is 0.250. The predicted molar refractivity (Wildman–Crippen MR) is 122 cm³/mol. The molecule has 1 N–H and O–H groups in total. The molecule has 1 fully saturated rings. The lowest BCUT2D eigenvalue weighted by atomic mass is 9.73. The molecule has 1 aliphatic heterocycles. The van der Waals surface area contributed by atoms with Crippen LogP contribution in [0.2, 0.25) is 5.02 Å². The van der Waals surface area contributed by atoms with Crippen molar-refractivity contribution in [2.75, 3.05) is 18.5 Å². The average Bonchev–Trinajstić information content (AvgIpc) is 2.80. The number of carbonyl (C=O) groups is 1. The number of halogens is 1. The summed E-state index contributed by atoms with van der Waals surface area (Å²) in [5.41, 5.74) is 2.36. The maximum Gasteiger partial charge on any atom is 0.235 e. The Balaban J connectivity index is 1.45. The van der Waals surface area contributed by atoms with E-state index in [1.54, 1.807) is 18.0 Å². The van der Waals surface area contributed by atoms with Crippen LogP contribution in [-0.2, 0) is 20.7 Å². The zero-order valence-corrected chi connectivity index (χ0v) is 18.1. The second-order valence-corrected chi connectivity index (χ2v) is 8.82. The summed E-state index contributed by atoms with van der Waals surface area (Å²) in [4.78, 5) is 18.7. The van der Waals surface area contributed by atoms with E-state index in [1.165, 1.54) is 5.56 Å². The summed E-state index contributed by atoms with van der Waals surface area (Å²) in [6.07, 6.45) is 4.96. The molecule has 1 amide bonds. The molecular formula is C24H23ClN2O2S. The number of thioether (sulfide) groups is 1. The first-order valence-corrected chi connectivity index (χ1v) is 11.3. The van der Waals surface area contributed by atoms with E-state index in [0.717, 1.165) is 21.9 Å². The molecule has 0 radical (unpaired) electrons. The van der Waals surface area contributed by atoms with Gasteiger partial charge in [-0.3, -0.25) is 9.78 Å². The van der Waals surface area contributed by atoms with Crippen molar-refractivity contribution in [2.24, 2.45) is 0 Å². The molecule has 2 aromatic carbocycles. The molecule has 30 heavy (non-hydrogen) atoms. The molecule has 0 spiro atoms. The Hall–Kier alpha value is -2.34. The van der Waals surface area contributed by atoms with Crippen molar-refractivity contribution in [1.29, 1.82) is 0 Å². The highest BCUT2D eigenvalue weighted by atomic mass is 35.5. The molecule has 0 unspecified atom stereocenters. The van der Waals surface area contributed by atoms with E-state index in [2.05, 4.69) is 16.4 Å². The van der Waals surface area contributed by atoms with Crippen molar-refractivity contribution in [3.63, 3.8) is 0 Å². The van der Waals surface area contributed by atoms with Crippen LogP contribution in [0.15, 0.2) is 78.0 Å². The van der Waals surface area contributed by atoms with Gasteiger partial charge in [-0.05, 0) is 66.4 Å². The summed E-state index contributed by atoms with van der Waals surface area (Å²) < 4.78 is 5.54. The van der Waals surface area contributed by atoms with Crippen LogP contribution >= 0.6 is 23.4 Å². The first-order valence-electron chi connectivity index (χ1n) is 9.93. The number of ether oxygens (including phenoxy) is 1. The normalized spacial score (nSPS) is 15.5. The lowest BCUT2D eigenvalue weighted by molar-refractivity contribution is -0.125. The van der Waals surface area contributed by atoms with Gasteiger partial charge in [0.2, 0.25) is 5.91 Å². The molecule has 3 aromatic rings. The van der Waals surface area contributed by atoms with Gasteiger partial charge in [0.15, 0.2) is 0 Å². The van der Waals surface area contributed by atoms with E-state index in [9.17, 15) is 4.79 Å². The summed E-state index contributed by atoms with van der Waals surface area (Å²) in [5, 5.41) is 3.79. The summed E-state index contributed by atoms with van der Waals surface area (Å²) >= 11 is 7.80. The standard InChI is InChI=1S/C24H23ClN2O2S/c25-20-5-3-19(4-6-20)24(11-14-29-15-12-24)23(28)27-21-7-9-22(10-8-21)30-17-18-2-1-13-26-16-18/h1-10,13,16H,11-12,14-15,17H2,(H,27,28). The summed E-state index contributed by atoms with van der Waals surface area (Å²) in [6.45, 7) is 1.14. The van der Waals surface area contributed by atoms with Crippen molar-refractivity contribution in [2.45, 2.75) is 28.9 Å². The Morgan fingerprint density at radius 1 is 1.07 bits per heavy atom. The molecule has 1 saturated heterocycles. The lowest BCUT2D eigenvalue weighted by Crippen LogP contribution is -2.44. The Bertz CT molecular complexity index is 972. The smallest absolute Gasteiger partial charge is 0.235 e. The zero-order valence-electron chi connectivity index (χ0n) is 16.5. The predicted octanol–water partition coefficient (Wildman–Crippen LogP) is 5.71. The third kappa shape index (κ3) is 4.86. The highest BCUT2D eigenvalue weighted by molar-refractivity contribution is 7.98. The molecule has 0 saturated carbocycles. The maximum absolute atomic E-state index is 13.4. The number of carbonyl (C=O) groups excluding carboxylic acids is 1. The fourth-order valence-corrected chi connectivity index (χ4v) is 4.63. The van der Waals surface area contributed by atoms with E-state index in [0.29, 0.717) is 31.1 Å². The van der Waals surface area contributed by atoms with Gasteiger partial charge in [-0.2, -0.15) is 0 Å². The molecule has 154 valence electrons. The number of hydrogen-bond acceptors (Lipinski definition) is 4. The second-order valence-electron chi connectivity index (χ2n) is 7.33. The number of rotatable bonds is 6. The Kier molecular flexibility index (Phi) is 6.72. The van der Waals surface area contributed by atoms with Crippen LogP contribution in [0.4, 0.5) is 5.69 Å². The van der Waals surface area contributed by atoms with E-state index < -0.39 is 5.41 Å². The minimum absolute atomic E-state index is 0.00360. The van der Waals surface area contributed by atoms with Gasteiger partial charge in [-0.1, -0.05) is 29.8 Å². The van der Waals surface area contributed by atoms with Crippen LogP contribution in [0.5, 0.6) is 0 Å². The minimum Gasteiger partial charge on any atom is -0.381 e. The van der Waals surface area contributed by atoms with Crippen LogP contribution in [0.3, 0.4) is 0 Å². The van der Waals surface area contributed by atoms with Crippen LogP contribution < -0.4 is 5.32 Å². The quantitative estimate of drug-likeness (QED) is 0.500. The molecule has 6 heteroatoms. The average molecular weight is 439 g/mol. The van der Waals surface area contributed by atoms with E-state index in [-0.39, 0.29) is 5.91 Å². The molecule has 4 rings (SSSR count). The number of benzene rings is 2. The SMILES string of the molecule is O=C(Nc1ccc(SCc2cccnc2)cc1)C1(c2ccc(Cl)cc2)CCOCC1. The number of aromatic nitrogens is 1. The summed E-state index contributed by atoms with van der Waals surface area (Å²) in [6, 6.07) is 19.6. The van der Waals surface area contributed by atoms with Crippen molar-refractivity contribution in [3.05, 3.63) is 89.2 Å². The van der Waals surface area contributed by atoms with Crippen molar-refractivity contribution in [3.8, 4) is 0 Å². The number of nitrogens with one attached hydrogen (secondary N) is 1. The lowest BCUT2D eigenvalue weighted by Gasteiger charge is -2.36. The van der Waals surface area contributed by atoms with Crippen molar-refractivity contribution < 1.29 is 9.53 Å². The van der Waals surface area contributed by atoms with Gasteiger partial charge in [-0.15, -0.1) is 11.8 Å².